The van der Waals surface area contributed by atoms with Gasteiger partial charge in [0.05, 0.1) is 5.71 Å². The predicted molar refractivity (Wildman–Crippen MR) is 43.1 cm³/mol. The van der Waals surface area contributed by atoms with Gasteiger partial charge in [-0.3, -0.25) is 0 Å². The van der Waals surface area contributed by atoms with Gasteiger partial charge >= 0.3 is 6.03 Å². The first-order chi connectivity index (χ1) is 5.29. The molecule has 0 heterocycles. The van der Waals surface area contributed by atoms with Crippen molar-refractivity contribution in [3.05, 3.63) is 12.2 Å². The number of hydrogen-bond donors (Lipinski definition) is 2. The molecule has 0 aromatic heterocycles. The van der Waals surface area contributed by atoms with Gasteiger partial charge in [-0.15, -0.1) is 0 Å². The van der Waals surface area contributed by atoms with E-state index >= 15 is 0 Å². The van der Waals surface area contributed by atoms with Gasteiger partial charge in [-0.1, -0.05) is 6.08 Å². The first kappa shape index (κ1) is 7.78. The van der Waals surface area contributed by atoms with Crippen LogP contribution in [0.5, 0.6) is 0 Å². The SMILES string of the molecule is NC(=O)N/N=C1/C=CCCC1. The number of nitrogens with zero attached hydrogens (tertiary/aromatic N) is 1. The summed E-state index contributed by atoms with van der Waals surface area (Å²) in [6.45, 7) is 0. The lowest BCUT2D eigenvalue weighted by atomic mass is 10.1. The number of nitrogens with two attached hydrogens (primary N) is 1. The largest absolute Gasteiger partial charge is 0.350 e. The van der Waals surface area contributed by atoms with Crippen LogP contribution in [-0.2, 0) is 0 Å². The molecule has 2 amide bonds. The number of hydrazone groups is 1. The number of amides is 2. The fourth-order valence-electron chi connectivity index (χ4n) is 0.924. The van der Waals surface area contributed by atoms with E-state index in [0.717, 1.165) is 25.0 Å². The summed E-state index contributed by atoms with van der Waals surface area (Å²) in [5.41, 5.74) is 7.90. The Labute approximate surface area is 65.2 Å². The molecule has 0 saturated heterocycles. The molecule has 0 aromatic carbocycles. The quantitative estimate of drug-likeness (QED) is 0.536. The van der Waals surface area contributed by atoms with Crippen molar-refractivity contribution in [2.45, 2.75) is 19.3 Å². The van der Waals surface area contributed by atoms with Gasteiger partial charge in [-0.2, -0.15) is 5.10 Å². The minimum atomic E-state index is -0.614. The number of carbonyl (C=O) groups is 1. The monoisotopic (exact) mass is 153 g/mol. The number of hydrogen-bond acceptors (Lipinski definition) is 2. The van der Waals surface area contributed by atoms with E-state index in [1.54, 1.807) is 0 Å². The van der Waals surface area contributed by atoms with Gasteiger partial charge in [-0.05, 0) is 25.3 Å². The summed E-state index contributed by atoms with van der Waals surface area (Å²) in [7, 11) is 0. The zero-order valence-electron chi connectivity index (χ0n) is 6.21. The molecule has 0 fully saturated rings. The number of urea groups is 1. The van der Waals surface area contributed by atoms with E-state index in [1.165, 1.54) is 0 Å². The molecule has 4 nitrogen and oxygen atoms in total. The Bertz CT molecular complexity index is 208. The highest BCUT2D eigenvalue weighted by Gasteiger charge is 1.99. The standard InChI is InChI=1S/C7H11N3O/c8-7(11)10-9-6-4-2-1-3-5-6/h2,4H,1,3,5H2,(H3,8,10,11)/b9-6-. The van der Waals surface area contributed by atoms with E-state index in [-0.39, 0.29) is 0 Å². The van der Waals surface area contributed by atoms with Crippen LogP contribution in [0.3, 0.4) is 0 Å². The van der Waals surface area contributed by atoms with Gasteiger partial charge in [0, 0.05) is 0 Å². The number of carbonyl (C=O) groups excluding carboxylic acids is 1. The van der Waals surface area contributed by atoms with Crippen LogP contribution in [0.25, 0.3) is 0 Å². The highest BCUT2D eigenvalue weighted by atomic mass is 16.2. The molecule has 0 bridgehead atoms. The maximum atomic E-state index is 10.2. The molecular weight excluding hydrogens is 142 g/mol. The lowest BCUT2D eigenvalue weighted by Gasteiger charge is -2.04. The van der Waals surface area contributed by atoms with E-state index in [9.17, 15) is 4.79 Å². The molecule has 60 valence electrons. The van der Waals surface area contributed by atoms with Crippen molar-refractivity contribution in [3.63, 3.8) is 0 Å². The summed E-state index contributed by atoms with van der Waals surface area (Å²) in [5, 5.41) is 3.79. The molecule has 0 aliphatic heterocycles. The Morgan fingerprint density at radius 1 is 1.73 bits per heavy atom. The first-order valence-electron chi connectivity index (χ1n) is 3.57. The average molecular weight is 153 g/mol. The lowest BCUT2D eigenvalue weighted by Crippen LogP contribution is -2.25. The average Bonchev–Trinajstić information content (AvgIpc) is 2.03. The van der Waals surface area contributed by atoms with E-state index in [1.807, 2.05) is 12.2 Å². The van der Waals surface area contributed by atoms with Gasteiger partial charge in [0.25, 0.3) is 0 Å². The lowest BCUT2D eigenvalue weighted by molar-refractivity contribution is 0.249. The zero-order valence-corrected chi connectivity index (χ0v) is 6.21. The maximum absolute atomic E-state index is 10.2. The summed E-state index contributed by atoms with van der Waals surface area (Å²) >= 11 is 0. The fourth-order valence-corrected chi connectivity index (χ4v) is 0.924. The van der Waals surface area contributed by atoms with Crippen LogP contribution >= 0.6 is 0 Å². The van der Waals surface area contributed by atoms with Crippen LogP contribution < -0.4 is 11.2 Å². The Kier molecular flexibility index (Phi) is 2.66. The van der Waals surface area contributed by atoms with Gasteiger partial charge < -0.3 is 5.73 Å². The third kappa shape index (κ3) is 2.84. The van der Waals surface area contributed by atoms with Crippen molar-refractivity contribution >= 4 is 11.7 Å². The molecule has 11 heavy (non-hydrogen) atoms. The minimum Gasteiger partial charge on any atom is -0.350 e. The van der Waals surface area contributed by atoms with E-state index in [4.69, 9.17) is 5.73 Å². The van der Waals surface area contributed by atoms with Crippen molar-refractivity contribution in [3.8, 4) is 0 Å². The van der Waals surface area contributed by atoms with Crippen LogP contribution in [0.1, 0.15) is 19.3 Å². The zero-order chi connectivity index (χ0) is 8.10. The summed E-state index contributed by atoms with van der Waals surface area (Å²) in [6.07, 6.45) is 7.03. The Morgan fingerprint density at radius 2 is 2.55 bits per heavy atom. The second-order valence-electron chi connectivity index (χ2n) is 2.37. The normalized spacial score (nSPS) is 20.2. The summed E-state index contributed by atoms with van der Waals surface area (Å²) in [4.78, 5) is 10.2. The first-order valence-corrected chi connectivity index (χ1v) is 3.57. The predicted octanol–water partition coefficient (Wildman–Crippen LogP) is 0.751. The Balaban J connectivity index is 2.44. The third-order valence-corrected chi connectivity index (χ3v) is 1.42. The summed E-state index contributed by atoms with van der Waals surface area (Å²) in [6, 6.07) is -0.614. The Hall–Kier alpha value is -1.32. The molecule has 0 unspecified atom stereocenters. The summed E-state index contributed by atoms with van der Waals surface area (Å²) < 4.78 is 0. The van der Waals surface area contributed by atoms with E-state index in [2.05, 4.69) is 10.5 Å². The van der Waals surface area contributed by atoms with Gasteiger partial charge in [0.1, 0.15) is 0 Å². The smallest absolute Gasteiger partial charge is 0.332 e. The van der Waals surface area contributed by atoms with Crippen molar-refractivity contribution in [1.82, 2.24) is 5.43 Å². The molecule has 0 aromatic rings. The van der Waals surface area contributed by atoms with Crippen LogP contribution in [0.4, 0.5) is 4.79 Å². The van der Waals surface area contributed by atoms with Crippen molar-refractivity contribution in [1.29, 1.82) is 0 Å². The van der Waals surface area contributed by atoms with E-state index in [0.29, 0.717) is 0 Å². The Morgan fingerprint density at radius 3 is 3.09 bits per heavy atom. The number of primary amides is 1. The van der Waals surface area contributed by atoms with E-state index < -0.39 is 6.03 Å². The molecule has 3 N–H and O–H groups in total. The molecule has 0 spiro atoms. The van der Waals surface area contributed by atoms with Crippen molar-refractivity contribution in [2.24, 2.45) is 10.8 Å². The number of nitrogens with one attached hydrogen (secondary N) is 1. The molecule has 0 radical (unpaired) electrons. The maximum Gasteiger partial charge on any atom is 0.332 e. The highest BCUT2D eigenvalue weighted by Crippen LogP contribution is 2.06. The van der Waals surface area contributed by atoms with Gasteiger partial charge in [0.15, 0.2) is 0 Å². The van der Waals surface area contributed by atoms with Gasteiger partial charge in [-0.25, -0.2) is 10.2 Å². The van der Waals surface area contributed by atoms with Crippen LogP contribution in [-0.4, -0.2) is 11.7 Å². The van der Waals surface area contributed by atoms with Crippen LogP contribution in [0, 0.1) is 0 Å². The molecule has 0 saturated carbocycles. The molecule has 1 aliphatic carbocycles. The topological polar surface area (TPSA) is 67.5 Å². The molecule has 1 rings (SSSR count). The van der Waals surface area contributed by atoms with Crippen LogP contribution in [0.2, 0.25) is 0 Å². The van der Waals surface area contributed by atoms with Crippen molar-refractivity contribution < 1.29 is 4.79 Å². The third-order valence-electron chi connectivity index (χ3n) is 1.42. The van der Waals surface area contributed by atoms with Crippen molar-refractivity contribution in [2.75, 3.05) is 0 Å². The molecule has 4 heteroatoms. The second kappa shape index (κ2) is 3.75. The van der Waals surface area contributed by atoms with Gasteiger partial charge in [0.2, 0.25) is 0 Å². The highest BCUT2D eigenvalue weighted by molar-refractivity contribution is 5.96. The molecular formula is C7H11N3O. The summed E-state index contributed by atoms with van der Waals surface area (Å²) in [5.74, 6) is 0. The minimum absolute atomic E-state index is 0.614. The van der Waals surface area contributed by atoms with Crippen LogP contribution in [0.15, 0.2) is 17.3 Å². The second-order valence-corrected chi connectivity index (χ2v) is 2.37. The molecule has 0 atom stereocenters. The number of allylic oxidation sites excluding steroid dienone is 2. The fraction of sp³-hybridized carbons (Fsp3) is 0.429. The molecule has 1 aliphatic rings. The number of rotatable bonds is 1.